The van der Waals surface area contributed by atoms with E-state index < -0.39 is 0 Å². The van der Waals surface area contributed by atoms with E-state index in [4.69, 9.17) is 49.0 Å². The smallest absolute Gasteiger partial charge is 0.141 e. The van der Waals surface area contributed by atoms with E-state index in [0.29, 0.717) is 38.0 Å². The minimum Gasteiger partial charge on any atom is -0.495 e. The number of halogens is 3. The Balaban J connectivity index is 2.28. The van der Waals surface area contributed by atoms with Crippen molar-refractivity contribution in [2.24, 2.45) is 0 Å². The summed E-state index contributed by atoms with van der Waals surface area (Å²) < 4.78 is 16.0. The minimum atomic E-state index is 0.147. The molecule has 0 unspecified atom stereocenters. The van der Waals surface area contributed by atoms with Crippen molar-refractivity contribution in [1.82, 2.24) is 4.98 Å². The number of benzene rings is 1. The number of ether oxygens (including phenoxy) is 3. The maximum atomic E-state index is 6.25. The molecule has 2 rings (SSSR count). The first-order chi connectivity index (χ1) is 10.1. The fourth-order valence-electron chi connectivity index (χ4n) is 1.67. The summed E-state index contributed by atoms with van der Waals surface area (Å²) in [5.41, 5.74) is 0.574. The molecule has 112 valence electrons. The molecule has 7 heteroatoms. The third-order valence-electron chi connectivity index (χ3n) is 2.75. The quantitative estimate of drug-likeness (QED) is 0.738. The lowest BCUT2D eigenvalue weighted by Crippen LogP contribution is -2.01. The van der Waals surface area contributed by atoms with Crippen LogP contribution in [0.5, 0.6) is 17.2 Å². The first kappa shape index (κ1) is 16.0. The number of methoxy groups -OCH3 is 2. The second kappa shape index (κ2) is 7.07. The zero-order chi connectivity index (χ0) is 15.4. The molecular formula is C14H12Cl3NO3. The van der Waals surface area contributed by atoms with Gasteiger partial charge in [0.1, 0.15) is 29.0 Å². The van der Waals surface area contributed by atoms with E-state index in [1.165, 1.54) is 20.4 Å². The summed E-state index contributed by atoms with van der Waals surface area (Å²) in [5.74, 6) is 1.48. The molecule has 0 amide bonds. The van der Waals surface area contributed by atoms with Crippen molar-refractivity contribution in [2.45, 2.75) is 6.61 Å². The lowest BCUT2D eigenvalue weighted by Gasteiger charge is -2.15. The molecule has 4 nitrogen and oxygen atoms in total. The summed E-state index contributed by atoms with van der Waals surface area (Å²) in [5, 5.41) is 1.15. The highest BCUT2D eigenvalue weighted by atomic mass is 35.5. The summed E-state index contributed by atoms with van der Waals surface area (Å²) in [6.45, 7) is 0.147. The van der Waals surface area contributed by atoms with Crippen LogP contribution in [0.1, 0.15) is 5.56 Å². The van der Waals surface area contributed by atoms with Crippen molar-refractivity contribution < 1.29 is 14.2 Å². The molecule has 0 aliphatic carbocycles. The van der Waals surface area contributed by atoms with E-state index in [9.17, 15) is 0 Å². The molecule has 0 bridgehead atoms. The number of hydrogen-bond acceptors (Lipinski definition) is 4. The predicted molar refractivity (Wildman–Crippen MR) is 83.1 cm³/mol. The zero-order valence-corrected chi connectivity index (χ0v) is 13.6. The fraction of sp³-hybridized carbons (Fsp3) is 0.214. The molecular weight excluding hydrogens is 337 g/mol. The summed E-state index contributed by atoms with van der Waals surface area (Å²) in [6, 6.07) is 4.96. The Kier molecular flexibility index (Phi) is 5.39. The van der Waals surface area contributed by atoms with Gasteiger partial charge in [-0.15, -0.1) is 0 Å². The van der Waals surface area contributed by atoms with E-state index in [-0.39, 0.29) is 6.61 Å². The molecule has 1 heterocycles. The molecule has 0 fully saturated rings. The Hall–Kier alpha value is -1.36. The Morgan fingerprint density at radius 1 is 1.00 bits per heavy atom. The van der Waals surface area contributed by atoms with Crippen LogP contribution in [0, 0.1) is 0 Å². The Morgan fingerprint density at radius 3 is 2.10 bits per heavy atom. The summed E-state index contributed by atoms with van der Waals surface area (Å²) in [6.07, 6.45) is 1.52. The molecule has 2 aromatic rings. The topological polar surface area (TPSA) is 40.6 Å². The monoisotopic (exact) mass is 347 g/mol. The van der Waals surface area contributed by atoms with Crippen LogP contribution < -0.4 is 14.2 Å². The van der Waals surface area contributed by atoms with E-state index in [0.717, 1.165) is 0 Å². The van der Waals surface area contributed by atoms with Gasteiger partial charge in [0.05, 0.1) is 30.5 Å². The molecule has 0 spiro atoms. The number of pyridine rings is 1. The van der Waals surface area contributed by atoms with Crippen LogP contribution in [0.4, 0.5) is 0 Å². The van der Waals surface area contributed by atoms with Crippen LogP contribution in [-0.4, -0.2) is 19.2 Å². The largest absolute Gasteiger partial charge is 0.495 e. The van der Waals surface area contributed by atoms with Crippen molar-refractivity contribution in [2.75, 3.05) is 14.2 Å². The SMILES string of the molecule is COc1cc(OC)c(Cl)c(COc2ccc(Cl)nc2)c1Cl. The van der Waals surface area contributed by atoms with Gasteiger partial charge in [-0.2, -0.15) is 0 Å². The van der Waals surface area contributed by atoms with E-state index in [1.807, 2.05) is 0 Å². The third-order valence-corrected chi connectivity index (χ3v) is 3.80. The second-order valence-electron chi connectivity index (χ2n) is 3.99. The molecule has 0 radical (unpaired) electrons. The molecule has 0 saturated carbocycles. The normalized spacial score (nSPS) is 10.3. The highest BCUT2D eigenvalue weighted by Crippen LogP contribution is 2.40. The summed E-state index contributed by atoms with van der Waals surface area (Å²) in [7, 11) is 3.03. The Bertz CT molecular complexity index is 604. The van der Waals surface area contributed by atoms with Gasteiger partial charge >= 0.3 is 0 Å². The number of aromatic nitrogens is 1. The van der Waals surface area contributed by atoms with Crippen molar-refractivity contribution in [3.05, 3.63) is 45.2 Å². The van der Waals surface area contributed by atoms with Gasteiger partial charge in [0.15, 0.2) is 0 Å². The van der Waals surface area contributed by atoms with Crippen LogP contribution in [-0.2, 0) is 6.61 Å². The number of hydrogen-bond donors (Lipinski definition) is 0. The van der Waals surface area contributed by atoms with Gasteiger partial charge in [0, 0.05) is 11.6 Å². The zero-order valence-electron chi connectivity index (χ0n) is 11.3. The highest BCUT2D eigenvalue weighted by molar-refractivity contribution is 6.37. The van der Waals surface area contributed by atoms with Gasteiger partial charge < -0.3 is 14.2 Å². The third kappa shape index (κ3) is 3.64. The first-order valence-corrected chi connectivity index (χ1v) is 7.03. The molecule has 1 aromatic carbocycles. The maximum absolute atomic E-state index is 6.25. The van der Waals surface area contributed by atoms with Gasteiger partial charge in [0.25, 0.3) is 0 Å². The molecule has 0 saturated heterocycles. The standard InChI is InChI=1S/C14H12Cl3NO3/c1-19-10-5-11(20-2)14(17)9(13(10)16)7-21-8-3-4-12(15)18-6-8/h3-6H,7H2,1-2H3. The van der Waals surface area contributed by atoms with Crippen LogP contribution in [0.3, 0.4) is 0 Å². The summed E-state index contributed by atoms with van der Waals surface area (Å²) in [4.78, 5) is 3.93. The molecule has 0 aliphatic heterocycles. The van der Waals surface area contributed by atoms with Crippen molar-refractivity contribution >= 4 is 34.8 Å². The number of rotatable bonds is 5. The summed E-state index contributed by atoms with van der Waals surface area (Å²) >= 11 is 18.2. The van der Waals surface area contributed by atoms with Gasteiger partial charge in [-0.3, -0.25) is 0 Å². The number of nitrogens with zero attached hydrogens (tertiary/aromatic N) is 1. The Morgan fingerprint density at radius 2 is 1.62 bits per heavy atom. The van der Waals surface area contributed by atoms with Gasteiger partial charge in [0.2, 0.25) is 0 Å². The first-order valence-electron chi connectivity index (χ1n) is 5.90. The van der Waals surface area contributed by atoms with Crippen LogP contribution >= 0.6 is 34.8 Å². The minimum absolute atomic E-state index is 0.147. The van der Waals surface area contributed by atoms with E-state index in [2.05, 4.69) is 4.98 Å². The van der Waals surface area contributed by atoms with Gasteiger partial charge in [-0.05, 0) is 12.1 Å². The highest BCUT2D eigenvalue weighted by Gasteiger charge is 2.17. The van der Waals surface area contributed by atoms with Crippen molar-refractivity contribution in [1.29, 1.82) is 0 Å². The second-order valence-corrected chi connectivity index (χ2v) is 5.14. The molecule has 0 aliphatic rings. The van der Waals surface area contributed by atoms with E-state index >= 15 is 0 Å². The average Bonchev–Trinajstić information content (AvgIpc) is 2.49. The molecule has 1 aromatic heterocycles. The van der Waals surface area contributed by atoms with Crippen LogP contribution in [0.2, 0.25) is 15.2 Å². The van der Waals surface area contributed by atoms with Crippen LogP contribution in [0.25, 0.3) is 0 Å². The molecule has 21 heavy (non-hydrogen) atoms. The lowest BCUT2D eigenvalue weighted by molar-refractivity contribution is 0.303. The Labute approximate surface area is 137 Å². The predicted octanol–water partition coefficient (Wildman–Crippen LogP) is 4.64. The lowest BCUT2D eigenvalue weighted by atomic mass is 10.2. The fourth-order valence-corrected chi connectivity index (χ4v) is 2.39. The van der Waals surface area contributed by atoms with Gasteiger partial charge in [-0.1, -0.05) is 34.8 Å². The maximum Gasteiger partial charge on any atom is 0.141 e. The van der Waals surface area contributed by atoms with Gasteiger partial charge in [-0.25, -0.2) is 4.98 Å². The molecule has 0 N–H and O–H groups in total. The van der Waals surface area contributed by atoms with E-state index in [1.54, 1.807) is 18.2 Å². The van der Waals surface area contributed by atoms with Crippen molar-refractivity contribution in [3.8, 4) is 17.2 Å². The molecule has 0 atom stereocenters. The van der Waals surface area contributed by atoms with Crippen LogP contribution in [0.15, 0.2) is 24.4 Å². The van der Waals surface area contributed by atoms with Crippen molar-refractivity contribution in [3.63, 3.8) is 0 Å². The average molecular weight is 349 g/mol.